The molecule has 1 aromatic rings. The molecule has 6 nitrogen and oxygen atoms in total. The summed E-state index contributed by atoms with van der Waals surface area (Å²) in [6.07, 6.45) is 3.05. The molecule has 3 N–H and O–H groups in total. The molecule has 1 aliphatic rings. The second kappa shape index (κ2) is 5.26. The average molecular weight is 328 g/mol. The number of nitrogens with two attached hydrogens (primary N) is 1. The molecule has 1 aliphatic carbocycles. The van der Waals surface area contributed by atoms with E-state index in [1.165, 1.54) is 12.1 Å². The zero-order chi connectivity index (χ0) is 14.0. The average Bonchev–Trinajstić information content (AvgIpc) is 2.79. The van der Waals surface area contributed by atoms with Gasteiger partial charge in [0.2, 0.25) is 5.91 Å². The van der Waals surface area contributed by atoms with Crippen LogP contribution in [0.5, 0.6) is 0 Å². The van der Waals surface area contributed by atoms with Gasteiger partial charge in [-0.3, -0.25) is 14.9 Å². The maximum absolute atomic E-state index is 12.1. The van der Waals surface area contributed by atoms with Gasteiger partial charge in [0.25, 0.3) is 5.69 Å². The first-order valence-corrected chi connectivity index (χ1v) is 6.76. The van der Waals surface area contributed by atoms with Crippen molar-refractivity contribution >= 4 is 33.2 Å². The first kappa shape index (κ1) is 14.0. The molecular weight excluding hydrogens is 314 g/mol. The van der Waals surface area contributed by atoms with E-state index in [1.54, 1.807) is 6.07 Å². The third kappa shape index (κ3) is 2.93. The van der Waals surface area contributed by atoms with Gasteiger partial charge in [-0.1, -0.05) is 28.8 Å². The largest absolute Gasteiger partial charge is 0.319 e. The van der Waals surface area contributed by atoms with Gasteiger partial charge < -0.3 is 11.1 Å². The maximum Gasteiger partial charge on any atom is 0.293 e. The van der Waals surface area contributed by atoms with Crippen molar-refractivity contribution in [1.29, 1.82) is 0 Å². The summed E-state index contributed by atoms with van der Waals surface area (Å²) in [6.45, 7) is 0. The summed E-state index contributed by atoms with van der Waals surface area (Å²) >= 11 is 3.17. The molecule has 19 heavy (non-hydrogen) atoms. The quantitative estimate of drug-likeness (QED) is 0.658. The summed E-state index contributed by atoms with van der Waals surface area (Å²) < 4.78 is 0.584. The number of carbonyl (C=O) groups excluding carboxylic acids is 1. The van der Waals surface area contributed by atoms with E-state index in [-0.39, 0.29) is 17.3 Å². The highest BCUT2D eigenvalue weighted by molar-refractivity contribution is 9.10. The van der Waals surface area contributed by atoms with Gasteiger partial charge in [-0.2, -0.15) is 0 Å². The minimum atomic E-state index is -0.902. The highest BCUT2D eigenvalue weighted by Crippen LogP contribution is 2.32. The molecular formula is C12H14BrN3O3. The fraction of sp³-hybridized carbons (Fsp3) is 0.417. The molecule has 0 aromatic heterocycles. The van der Waals surface area contributed by atoms with Gasteiger partial charge in [-0.05, 0) is 25.0 Å². The number of nitro benzene ring substituents is 1. The molecule has 7 heteroatoms. The van der Waals surface area contributed by atoms with E-state index in [9.17, 15) is 14.9 Å². The van der Waals surface area contributed by atoms with Crippen LogP contribution in [0, 0.1) is 10.1 Å². The van der Waals surface area contributed by atoms with E-state index in [4.69, 9.17) is 5.73 Å². The molecule has 1 aromatic carbocycles. The summed E-state index contributed by atoms with van der Waals surface area (Å²) in [6, 6.07) is 4.49. The predicted molar refractivity (Wildman–Crippen MR) is 74.8 cm³/mol. The first-order valence-electron chi connectivity index (χ1n) is 5.97. The molecule has 1 saturated carbocycles. The Bertz CT molecular complexity index is 527. The van der Waals surface area contributed by atoms with Gasteiger partial charge in [0, 0.05) is 10.5 Å². The van der Waals surface area contributed by atoms with E-state index >= 15 is 0 Å². The highest BCUT2D eigenvalue weighted by Gasteiger charge is 2.37. The van der Waals surface area contributed by atoms with Crippen LogP contribution in [0.2, 0.25) is 0 Å². The lowest BCUT2D eigenvalue weighted by Gasteiger charge is -2.22. The Morgan fingerprint density at radius 1 is 1.42 bits per heavy atom. The van der Waals surface area contributed by atoms with Crippen molar-refractivity contribution in [3.63, 3.8) is 0 Å². The van der Waals surface area contributed by atoms with Crippen molar-refractivity contribution in [2.24, 2.45) is 5.73 Å². The van der Waals surface area contributed by atoms with E-state index in [0.717, 1.165) is 12.8 Å². The number of carbonyl (C=O) groups is 1. The number of anilines is 1. The van der Waals surface area contributed by atoms with Crippen LogP contribution in [-0.4, -0.2) is 16.4 Å². The number of hydrogen-bond acceptors (Lipinski definition) is 4. The number of halogens is 1. The van der Waals surface area contributed by atoms with Crippen LogP contribution in [0.1, 0.15) is 25.7 Å². The van der Waals surface area contributed by atoms with Crippen LogP contribution in [0.25, 0.3) is 0 Å². The molecule has 1 amide bonds. The fourth-order valence-corrected chi connectivity index (χ4v) is 2.59. The molecule has 102 valence electrons. The smallest absolute Gasteiger partial charge is 0.293 e. The lowest BCUT2D eigenvalue weighted by Crippen LogP contribution is -2.48. The van der Waals surface area contributed by atoms with Crippen molar-refractivity contribution in [3.05, 3.63) is 32.8 Å². The van der Waals surface area contributed by atoms with Crippen molar-refractivity contribution in [2.45, 2.75) is 31.2 Å². The Kier molecular flexibility index (Phi) is 3.86. The van der Waals surface area contributed by atoms with E-state index < -0.39 is 10.5 Å². The molecule has 1 fully saturated rings. The highest BCUT2D eigenvalue weighted by atomic mass is 79.9. The molecule has 0 aliphatic heterocycles. The zero-order valence-corrected chi connectivity index (χ0v) is 11.8. The van der Waals surface area contributed by atoms with Crippen molar-refractivity contribution in [3.8, 4) is 0 Å². The van der Waals surface area contributed by atoms with E-state index in [2.05, 4.69) is 21.2 Å². The van der Waals surface area contributed by atoms with Crippen LogP contribution >= 0.6 is 15.9 Å². The predicted octanol–water partition coefficient (Wildman–Crippen LogP) is 2.57. The molecule has 0 saturated heterocycles. The summed E-state index contributed by atoms with van der Waals surface area (Å²) in [7, 11) is 0. The second-order valence-electron chi connectivity index (χ2n) is 4.74. The Balaban J connectivity index is 2.23. The number of benzene rings is 1. The summed E-state index contributed by atoms with van der Waals surface area (Å²) in [5, 5.41) is 13.5. The zero-order valence-electron chi connectivity index (χ0n) is 10.2. The number of nitrogens with zero attached hydrogens (tertiary/aromatic N) is 1. The normalized spacial score (nSPS) is 17.2. The Morgan fingerprint density at radius 2 is 2.05 bits per heavy atom. The Labute approximate surface area is 118 Å². The summed E-state index contributed by atoms with van der Waals surface area (Å²) in [5.74, 6) is -0.351. The molecule has 0 spiro atoms. The van der Waals surface area contributed by atoms with E-state index in [1.807, 2.05) is 0 Å². The lowest BCUT2D eigenvalue weighted by molar-refractivity contribution is -0.384. The number of rotatable bonds is 3. The number of nitrogens with one attached hydrogen (secondary N) is 1. The molecule has 0 atom stereocenters. The van der Waals surface area contributed by atoms with Crippen molar-refractivity contribution < 1.29 is 9.72 Å². The third-order valence-corrected chi connectivity index (χ3v) is 3.85. The van der Waals surface area contributed by atoms with Gasteiger partial charge in [-0.15, -0.1) is 0 Å². The standard InChI is InChI=1S/C12H14BrN3O3/c13-8-3-4-9(10(7-8)16(18)19)15-11(17)12(14)5-1-2-6-12/h3-4,7H,1-2,5-6,14H2,(H,15,17). The Hall–Kier alpha value is -1.47. The van der Waals surface area contributed by atoms with Gasteiger partial charge in [-0.25, -0.2) is 0 Å². The van der Waals surface area contributed by atoms with Crippen molar-refractivity contribution in [1.82, 2.24) is 0 Å². The summed E-state index contributed by atoms with van der Waals surface area (Å²) in [5.41, 5.74) is 5.14. The van der Waals surface area contributed by atoms with E-state index in [0.29, 0.717) is 17.3 Å². The fourth-order valence-electron chi connectivity index (χ4n) is 2.24. The van der Waals surface area contributed by atoms with Gasteiger partial charge in [0.05, 0.1) is 10.5 Å². The maximum atomic E-state index is 12.1. The molecule has 0 heterocycles. The van der Waals surface area contributed by atoms with Crippen LogP contribution in [0.15, 0.2) is 22.7 Å². The van der Waals surface area contributed by atoms with Gasteiger partial charge >= 0.3 is 0 Å². The number of amides is 1. The van der Waals surface area contributed by atoms with Crippen LogP contribution < -0.4 is 11.1 Å². The minimum absolute atomic E-state index is 0.149. The minimum Gasteiger partial charge on any atom is -0.319 e. The van der Waals surface area contributed by atoms with Crippen molar-refractivity contribution in [2.75, 3.05) is 5.32 Å². The SMILES string of the molecule is NC1(C(=O)Nc2ccc(Br)cc2[N+](=O)[O-])CCCC1. The Morgan fingerprint density at radius 3 is 2.63 bits per heavy atom. The monoisotopic (exact) mass is 327 g/mol. The lowest BCUT2D eigenvalue weighted by atomic mass is 9.98. The molecule has 2 rings (SSSR count). The van der Waals surface area contributed by atoms with Gasteiger partial charge in [0.1, 0.15) is 5.69 Å². The number of nitro groups is 1. The first-order chi connectivity index (χ1) is 8.92. The van der Waals surface area contributed by atoms with Crippen LogP contribution in [0.3, 0.4) is 0 Å². The third-order valence-electron chi connectivity index (χ3n) is 3.35. The molecule has 0 bridgehead atoms. The van der Waals surface area contributed by atoms with Crippen LogP contribution in [-0.2, 0) is 4.79 Å². The summed E-state index contributed by atoms with van der Waals surface area (Å²) in [4.78, 5) is 22.6. The van der Waals surface area contributed by atoms with Gasteiger partial charge in [0.15, 0.2) is 0 Å². The molecule has 0 radical (unpaired) electrons. The molecule has 0 unspecified atom stereocenters. The van der Waals surface area contributed by atoms with Crippen LogP contribution in [0.4, 0.5) is 11.4 Å². The number of hydrogen-bond donors (Lipinski definition) is 2. The second-order valence-corrected chi connectivity index (χ2v) is 5.65. The topological polar surface area (TPSA) is 98.3 Å².